The number of carbonyl (C=O) groups is 2. The Bertz CT molecular complexity index is 558. The fraction of sp³-hybridized carbons (Fsp3) is 0.273. The van der Waals surface area contributed by atoms with E-state index in [1.54, 1.807) is 6.07 Å². The Morgan fingerprint density at radius 2 is 2.11 bits per heavy atom. The molecule has 0 aliphatic carbocycles. The molecule has 1 aromatic rings. The zero-order valence-electron chi connectivity index (χ0n) is 9.15. The maximum Gasteiger partial charge on any atom is 0.345 e. The number of carbonyl (C=O) groups excluding carboxylic acids is 1. The number of urea groups is 1. The number of benzene rings is 1. The first-order valence-corrected chi connectivity index (χ1v) is 5.35. The van der Waals surface area contributed by atoms with E-state index in [0.29, 0.717) is 16.2 Å². The van der Waals surface area contributed by atoms with Gasteiger partial charge in [0.15, 0.2) is 6.04 Å². The van der Waals surface area contributed by atoms with Crippen LogP contribution in [0.2, 0.25) is 0 Å². The third kappa shape index (κ3) is 1.16. The fourth-order valence-electron chi connectivity index (χ4n) is 2.64. The molecule has 2 heterocycles. The van der Waals surface area contributed by atoms with Crippen LogP contribution < -0.4 is 0 Å². The van der Waals surface area contributed by atoms with Crippen molar-refractivity contribution in [2.75, 3.05) is 6.54 Å². The van der Waals surface area contributed by atoms with Crippen LogP contribution in [0.15, 0.2) is 18.2 Å². The molecule has 18 heavy (non-hydrogen) atoms. The van der Waals surface area contributed by atoms with Crippen LogP contribution in [0.25, 0.3) is 0 Å². The first-order valence-electron chi connectivity index (χ1n) is 5.35. The van der Waals surface area contributed by atoms with Gasteiger partial charge in [-0.15, -0.1) is 0 Å². The van der Waals surface area contributed by atoms with Gasteiger partial charge in [-0.3, -0.25) is 5.21 Å². The van der Waals surface area contributed by atoms with Crippen molar-refractivity contribution in [3.05, 3.63) is 29.3 Å². The number of fused-ring (bicyclic) bond motifs is 4. The first kappa shape index (κ1) is 10.8. The third-order valence-corrected chi connectivity index (χ3v) is 3.40. The summed E-state index contributed by atoms with van der Waals surface area (Å²) in [4.78, 5) is 24.1. The zero-order valence-corrected chi connectivity index (χ0v) is 9.15. The summed E-state index contributed by atoms with van der Waals surface area (Å²) in [6.45, 7) is 0.0525. The van der Waals surface area contributed by atoms with E-state index in [9.17, 15) is 25.0 Å². The number of hydroxylamine groups is 2. The highest BCUT2D eigenvalue weighted by molar-refractivity contribution is 5.87. The smallest absolute Gasteiger partial charge is 0.345 e. The van der Waals surface area contributed by atoms with E-state index in [1.165, 1.54) is 12.1 Å². The van der Waals surface area contributed by atoms with E-state index in [-0.39, 0.29) is 12.3 Å². The number of carboxylic acids is 1. The molecule has 2 amide bonds. The SMILES string of the molecule is O=C(O)C1c2cccc(O)c2[C@H]2CN1C(=O)N2O. The second-order valence-corrected chi connectivity index (χ2v) is 4.32. The number of hydrogen-bond acceptors (Lipinski definition) is 4. The Balaban J connectivity index is 2.26. The summed E-state index contributed by atoms with van der Waals surface area (Å²) in [6, 6.07) is 1.81. The predicted octanol–water partition coefficient (Wildman–Crippen LogP) is 0.699. The molecular formula is C11H10N2O5. The van der Waals surface area contributed by atoms with Crippen molar-refractivity contribution in [3.63, 3.8) is 0 Å². The zero-order chi connectivity index (χ0) is 13.0. The minimum atomic E-state index is -1.19. The van der Waals surface area contributed by atoms with Crippen LogP contribution >= 0.6 is 0 Å². The Morgan fingerprint density at radius 1 is 1.39 bits per heavy atom. The minimum Gasteiger partial charge on any atom is -0.508 e. The van der Waals surface area contributed by atoms with Gasteiger partial charge in [0.2, 0.25) is 0 Å². The van der Waals surface area contributed by atoms with Gasteiger partial charge < -0.3 is 15.1 Å². The molecule has 7 nitrogen and oxygen atoms in total. The van der Waals surface area contributed by atoms with E-state index in [2.05, 4.69) is 0 Å². The lowest BCUT2D eigenvalue weighted by molar-refractivity contribution is -0.142. The molecule has 0 aromatic heterocycles. The highest BCUT2D eigenvalue weighted by atomic mass is 16.5. The molecule has 7 heteroatoms. The molecule has 2 aliphatic rings. The molecule has 1 saturated heterocycles. The summed E-state index contributed by atoms with van der Waals surface area (Å²) in [5, 5.41) is 29.2. The van der Waals surface area contributed by atoms with Gasteiger partial charge in [0, 0.05) is 5.56 Å². The van der Waals surface area contributed by atoms with E-state index in [4.69, 9.17) is 0 Å². The number of phenols is 1. The summed E-state index contributed by atoms with van der Waals surface area (Å²) in [7, 11) is 0. The third-order valence-electron chi connectivity index (χ3n) is 3.40. The molecule has 3 rings (SSSR count). The fourth-order valence-corrected chi connectivity index (χ4v) is 2.64. The van der Waals surface area contributed by atoms with Gasteiger partial charge >= 0.3 is 12.0 Å². The lowest BCUT2D eigenvalue weighted by Crippen LogP contribution is -2.38. The number of nitrogens with zero attached hydrogens (tertiary/aromatic N) is 2. The molecule has 1 aromatic carbocycles. The number of hydrogen-bond donors (Lipinski definition) is 3. The molecule has 2 aliphatic heterocycles. The summed E-state index contributed by atoms with van der Waals surface area (Å²) in [6.07, 6.45) is 0. The van der Waals surface area contributed by atoms with Crippen LogP contribution in [0, 0.1) is 0 Å². The van der Waals surface area contributed by atoms with Gasteiger partial charge in [-0.1, -0.05) is 12.1 Å². The molecule has 2 atom stereocenters. The number of amides is 2. The molecule has 0 saturated carbocycles. The topological polar surface area (TPSA) is 101 Å². The Labute approximate surface area is 101 Å². The Hall–Kier alpha value is -2.28. The van der Waals surface area contributed by atoms with Gasteiger partial charge in [-0.05, 0) is 11.6 Å². The molecule has 0 spiro atoms. The maximum absolute atomic E-state index is 11.7. The highest BCUT2D eigenvalue weighted by Crippen LogP contribution is 2.46. The van der Waals surface area contributed by atoms with Crippen LogP contribution in [-0.4, -0.2) is 43.9 Å². The summed E-state index contributed by atoms with van der Waals surface area (Å²) in [5.41, 5.74) is 0.637. The van der Waals surface area contributed by atoms with Crippen molar-refractivity contribution in [2.45, 2.75) is 12.1 Å². The van der Waals surface area contributed by atoms with E-state index in [0.717, 1.165) is 4.90 Å². The van der Waals surface area contributed by atoms with E-state index in [1.807, 2.05) is 0 Å². The number of aromatic hydroxyl groups is 1. The molecule has 1 unspecified atom stereocenters. The number of carboxylic acid groups (broad SMARTS) is 1. The molecule has 1 fully saturated rings. The van der Waals surface area contributed by atoms with Crippen LogP contribution in [0.4, 0.5) is 4.79 Å². The lowest BCUT2D eigenvalue weighted by Gasteiger charge is -2.30. The first-order chi connectivity index (χ1) is 8.52. The Morgan fingerprint density at radius 3 is 2.78 bits per heavy atom. The average Bonchev–Trinajstić information content (AvgIpc) is 2.56. The summed E-state index contributed by atoms with van der Waals surface area (Å²) >= 11 is 0. The number of rotatable bonds is 1. The van der Waals surface area contributed by atoms with Crippen molar-refractivity contribution < 1.29 is 25.0 Å². The Kier molecular flexibility index (Phi) is 2.02. The normalized spacial score (nSPS) is 25.3. The molecule has 94 valence electrons. The summed E-state index contributed by atoms with van der Waals surface area (Å²) < 4.78 is 0. The highest BCUT2D eigenvalue weighted by Gasteiger charge is 2.51. The predicted molar refractivity (Wildman–Crippen MR) is 57.0 cm³/mol. The van der Waals surface area contributed by atoms with Gasteiger partial charge in [0.1, 0.15) is 11.8 Å². The second-order valence-electron chi connectivity index (χ2n) is 4.32. The van der Waals surface area contributed by atoms with Crippen molar-refractivity contribution in [1.82, 2.24) is 9.96 Å². The molecular weight excluding hydrogens is 240 g/mol. The number of phenolic OH excluding ortho intramolecular Hbond substituents is 1. The van der Waals surface area contributed by atoms with E-state index >= 15 is 0 Å². The van der Waals surface area contributed by atoms with Gasteiger partial charge in [0.05, 0.1) is 6.54 Å². The standard InChI is InChI=1S/C11H10N2O5/c14-7-3-1-2-5-8(7)6-4-12(9(5)10(15)16)11(17)13(6)18/h1-3,6,9,14,18H,4H2,(H,15,16)/t6-,9?/m1/s1. The largest absolute Gasteiger partial charge is 0.508 e. The minimum absolute atomic E-state index is 0.0525. The van der Waals surface area contributed by atoms with Crippen molar-refractivity contribution in [3.8, 4) is 5.75 Å². The molecule has 3 N–H and O–H groups in total. The van der Waals surface area contributed by atoms with Crippen LogP contribution in [0.1, 0.15) is 23.2 Å². The van der Waals surface area contributed by atoms with Gasteiger partial charge in [0.25, 0.3) is 0 Å². The van der Waals surface area contributed by atoms with Crippen LogP contribution in [-0.2, 0) is 4.79 Å². The number of aliphatic carboxylic acids is 1. The maximum atomic E-state index is 11.7. The van der Waals surface area contributed by atoms with Crippen LogP contribution in [0.5, 0.6) is 5.75 Å². The van der Waals surface area contributed by atoms with Crippen molar-refractivity contribution in [2.24, 2.45) is 0 Å². The van der Waals surface area contributed by atoms with E-state index < -0.39 is 24.1 Å². The molecule has 2 bridgehead atoms. The monoisotopic (exact) mass is 250 g/mol. The average molecular weight is 250 g/mol. The van der Waals surface area contributed by atoms with Crippen molar-refractivity contribution in [1.29, 1.82) is 0 Å². The summed E-state index contributed by atoms with van der Waals surface area (Å²) in [5.74, 6) is -1.30. The quantitative estimate of drug-likeness (QED) is 0.637. The van der Waals surface area contributed by atoms with Crippen LogP contribution in [0.3, 0.4) is 0 Å². The van der Waals surface area contributed by atoms with Gasteiger partial charge in [-0.2, -0.15) is 5.06 Å². The molecule has 0 radical (unpaired) electrons. The van der Waals surface area contributed by atoms with Gasteiger partial charge in [-0.25, -0.2) is 9.59 Å². The lowest BCUT2D eigenvalue weighted by atomic mass is 9.90. The second kappa shape index (κ2) is 3.36. The van der Waals surface area contributed by atoms with Crippen molar-refractivity contribution >= 4 is 12.0 Å².